The van der Waals surface area contributed by atoms with E-state index < -0.39 is 12.1 Å². The van der Waals surface area contributed by atoms with Crippen LogP contribution in [0.2, 0.25) is 0 Å². The number of piperidine rings is 1. The van der Waals surface area contributed by atoms with Crippen molar-refractivity contribution in [2.75, 3.05) is 13.3 Å². The molecule has 0 unspecified atom stereocenters. The van der Waals surface area contributed by atoms with Gasteiger partial charge in [0.25, 0.3) is 0 Å². The first-order valence-corrected chi connectivity index (χ1v) is 11.6. The number of carboxylic acids is 1. The lowest BCUT2D eigenvalue weighted by atomic mass is 9.53. The van der Waals surface area contributed by atoms with E-state index in [0.29, 0.717) is 17.9 Å². The number of alkyl halides is 3. The molecule has 33 heavy (non-hydrogen) atoms. The molecule has 1 aromatic rings. The van der Waals surface area contributed by atoms with Crippen molar-refractivity contribution in [3.05, 3.63) is 29.3 Å². The number of unbranched alkanes of at least 4 members (excludes halogenated alkanes) is 1. The molecule has 1 saturated carbocycles. The molecule has 3 aliphatic rings. The summed E-state index contributed by atoms with van der Waals surface area (Å²) in [6.07, 6.45) is 4.98. The molecular weight excluding hydrogens is 439 g/mol. The highest BCUT2D eigenvalue weighted by molar-refractivity contribution is 5.73. The Bertz CT molecular complexity index is 840. The summed E-state index contributed by atoms with van der Waals surface area (Å²) in [4.78, 5) is 20.5. The van der Waals surface area contributed by atoms with Crippen LogP contribution in [0, 0.1) is 5.92 Å². The topological polar surface area (TPSA) is 84.9 Å². The minimum Gasteiger partial charge on any atom is -0.475 e. The summed E-state index contributed by atoms with van der Waals surface area (Å²) < 4.78 is 42.7. The zero-order valence-corrected chi connectivity index (χ0v) is 18.9. The van der Waals surface area contributed by atoms with Gasteiger partial charge in [0.05, 0.1) is 0 Å². The van der Waals surface area contributed by atoms with Crippen LogP contribution in [0.4, 0.5) is 13.2 Å². The van der Waals surface area contributed by atoms with E-state index in [1.54, 1.807) is 0 Å². The number of rotatable bonds is 6. The van der Waals surface area contributed by atoms with Gasteiger partial charge >= 0.3 is 18.1 Å². The van der Waals surface area contributed by atoms with Gasteiger partial charge in [0.1, 0.15) is 5.75 Å². The fraction of sp³-hybridized carbons (Fsp3) is 0.667. The maximum Gasteiger partial charge on any atom is 0.490 e. The van der Waals surface area contributed by atoms with Crippen molar-refractivity contribution in [3.8, 4) is 5.75 Å². The number of esters is 1. The van der Waals surface area contributed by atoms with Crippen molar-refractivity contribution in [2.45, 2.75) is 82.3 Å². The van der Waals surface area contributed by atoms with Crippen molar-refractivity contribution in [1.82, 2.24) is 5.32 Å². The number of ether oxygens (including phenoxy) is 2. The Balaban J connectivity index is 0.000000383. The van der Waals surface area contributed by atoms with Crippen molar-refractivity contribution in [2.24, 2.45) is 5.92 Å². The number of aliphatic carboxylic acids is 1. The number of hydrogen-bond donors (Lipinski definition) is 2. The van der Waals surface area contributed by atoms with E-state index in [1.165, 1.54) is 43.2 Å². The van der Waals surface area contributed by atoms with E-state index in [0.717, 1.165) is 37.5 Å². The number of carboxylic acid groups (broad SMARTS) is 1. The summed E-state index contributed by atoms with van der Waals surface area (Å²) >= 11 is 0. The SMILES string of the molecule is CCCCC(=O)OCOc1ccc2c(c1)[C@]13CCCC[C@@H]1[C@@H](C2)NCC3.O=C(O)C(F)(F)F. The molecule has 4 rings (SSSR count). The third-order valence-electron chi connectivity index (χ3n) is 7.04. The number of halogens is 3. The molecule has 0 amide bonds. The monoisotopic (exact) mass is 471 g/mol. The lowest BCUT2D eigenvalue weighted by Crippen LogP contribution is -2.59. The molecular formula is C24H32F3NO5. The Morgan fingerprint density at radius 1 is 1.24 bits per heavy atom. The molecule has 184 valence electrons. The van der Waals surface area contributed by atoms with E-state index in [9.17, 15) is 18.0 Å². The number of nitrogens with one attached hydrogen (secondary N) is 1. The molecule has 0 spiro atoms. The minimum absolute atomic E-state index is 0.0158. The van der Waals surface area contributed by atoms with Crippen LogP contribution in [-0.2, 0) is 26.2 Å². The summed E-state index contributed by atoms with van der Waals surface area (Å²) in [7, 11) is 0. The Hall–Kier alpha value is -2.29. The van der Waals surface area contributed by atoms with Gasteiger partial charge in [0.15, 0.2) is 0 Å². The van der Waals surface area contributed by atoms with Crippen molar-refractivity contribution < 1.29 is 37.3 Å². The van der Waals surface area contributed by atoms with Crippen LogP contribution in [0.15, 0.2) is 18.2 Å². The molecule has 1 aromatic carbocycles. The van der Waals surface area contributed by atoms with Crippen molar-refractivity contribution in [1.29, 1.82) is 0 Å². The molecule has 0 aromatic heterocycles. The van der Waals surface area contributed by atoms with E-state index in [2.05, 4.69) is 24.4 Å². The van der Waals surface area contributed by atoms with Gasteiger partial charge in [-0.2, -0.15) is 13.2 Å². The van der Waals surface area contributed by atoms with Crippen LogP contribution >= 0.6 is 0 Å². The largest absolute Gasteiger partial charge is 0.490 e. The van der Waals surface area contributed by atoms with Crippen LogP contribution in [0.25, 0.3) is 0 Å². The number of hydrogen-bond acceptors (Lipinski definition) is 5. The Morgan fingerprint density at radius 2 is 2.00 bits per heavy atom. The first-order chi connectivity index (χ1) is 15.7. The summed E-state index contributed by atoms with van der Waals surface area (Å²) in [5, 5.41) is 10.9. The van der Waals surface area contributed by atoms with Gasteiger partial charge in [0, 0.05) is 17.9 Å². The molecule has 0 radical (unpaired) electrons. The first kappa shape index (κ1) is 25.3. The van der Waals surface area contributed by atoms with Gasteiger partial charge in [-0.3, -0.25) is 4.79 Å². The molecule has 9 heteroatoms. The van der Waals surface area contributed by atoms with Gasteiger partial charge < -0.3 is 19.9 Å². The fourth-order valence-corrected chi connectivity index (χ4v) is 5.55. The lowest BCUT2D eigenvalue weighted by molar-refractivity contribution is -0.192. The van der Waals surface area contributed by atoms with Crippen LogP contribution in [-0.4, -0.2) is 42.6 Å². The maximum atomic E-state index is 11.6. The molecule has 1 aliphatic heterocycles. The number of fused-ring (bicyclic) bond motifs is 1. The molecule has 6 nitrogen and oxygen atoms in total. The minimum atomic E-state index is -5.08. The van der Waals surface area contributed by atoms with Crippen molar-refractivity contribution >= 4 is 11.9 Å². The number of carbonyl (C=O) groups is 2. The van der Waals surface area contributed by atoms with Gasteiger partial charge in [-0.15, -0.1) is 0 Å². The number of benzene rings is 1. The zero-order chi connectivity index (χ0) is 24.1. The molecule has 2 bridgehead atoms. The average molecular weight is 472 g/mol. The molecule has 2 aliphatic carbocycles. The lowest BCUT2D eigenvalue weighted by Gasteiger charge is -2.56. The highest BCUT2D eigenvalue weighted by Crippen LogP contribution is 2.54. The van der Waals surface area contributed by atoms with Crippen LogP contribution in [0.3, 0.4) is 0 Å². The second-order valence-electron chi connectivity index (χ2n) is 9.03. The Morgan fingerprint density at radius 3 is 2.70 bits per heavy atom. The Kier molecular flexibility index (Phi) is 8.26. The van der Waals surface area contributed by atoms with E-state index in [4.69, 9.17) is 19.4 Å². The van der Waals surface area contributed by atoms with E-state index in [1.807, 2.05) is 6.07 Å². The summed E-state index contributed by atoms with van der Waals surface area (Å²) in [5.41, 5.74) is 3.32. The van der Waals surface area contributed by atoms with E-state index >= 15 is 0 Å². The highest BCUT2D eigenvalue weighted by atomic mass is 19.4. The smallest absolute Gasteiger partial charge is 0.475 e. The standard InChI is InChI=1S/C22H31NO3.C2HF3O2/c1-2-3-7-21(24)26-15-25-17-9-8-16-13-20-18-6-4-5-10-22(18,11-12-23-20)19(16)14-17;3-2(4,5)1(6)7/h8-9,14,18,20,23H,2-7,10-13,15H2,1H3;(H,6,7)/t18-,20-,22+;/m1./s1. The Labute approximate surface area is 191 Å². The van der Waals surface area contributed by atoms with E-state index in [-0.39, 0.29) is 12.8 Å². The van der Waals surface area contributed by atoms with Gasteiger partial charge in [-0.25, -0.2) is 4.79 Å². The van der Waals surface area contributed by atoms with Gasteiger partial charge in [0.2, 0.25) is 6.79 Å². The summed E-state index contributed by atoms with van der Waals surface area (Å²) in [6, 6.07) is 7.15. The van der Waals surface area contributed by atoms with Gasteiger partial charge in [-0.1, -0.05) is 32.3 Å². The molecule has 2 fully saturated rings. The molecule has 1 saturated heterocycles. The second-order valence-corrected chi connectivity index (χ2v) is 9.03. The van der Waals surface area contributed by atoms with Crippen LogP contribution < -0.4 is 10.1 Å². The molecule has 3 atom stereocenters. The predicted octanol–water partition coefficient (Wildman–Crippen LogP) is 4.74. The normalized spacial score (nSPS) is 25.6. The molecule has 1 heterocycles. The summed E-state index contributed by atoms with van der Waals surface area (Å²) in [6.45, 7) is 3.21. The molecule has 2 N–H and O–H groups in total. The average Bonchev–Trinajstić information content (AvgIpc) is 2.78. The van der Waals surface area contributed by atoms with Crippen molar-refractivity contribution in [3.63, 3.8) is 0 Å². The second kappa shape index (κ2) is 10.8. The van der Waals surface area contributed by atoms with Crippen LogP contribution in [0.5, 0.6) is 5.75 Å². The zero-order valence-electron chi connectivity index (χ0n) is 18.9. The predicted molar refractivity (Wildman–Crippen MR) is 115 cm³/mol. The highest BCUT2D eigenvalue weighted by Gasteiger charge is 2.51. The van der Waals surface area contributed by atoms with Crippen LogP contribution in [0.1, 0.15) is 69.4 Å². The third kappa shape index (κ3) is 5.99. The maximum absolute atomic E-state index is 11.6. The first-order valence-electron chi connectivity index (χ1n) is 11.6. The number of carbonyl (C=O) groups excluding carboxylic acids is 1. The summed E-state index contributed by atoms with van der Waals surface area (Å²) in [5.74, 6) is -1.33. The third-order valence-corrected chi connectivity index (χ3v) is 7.04. The fourth-order valence-electron chi connectivity index (χ4n) is 5.55. The quantitative estimate of drug-likeness (QED) is 0.461. The van der Waals surface area contributed by atoms with Gasteiger partial charge in [-0.05, 0) is 67.8 Å².